The normalized spacial score (nSPS) is 24.6. The minimum atomic E-state index is 0.663. The van der Waals surface area contributed by atoms with Crippen molar-refractivity contribution < 1.29 is 0 Å². The summed E-state index contributed by atoms with van der Waals surface area (Å²) in [4.78, 5) is 4.99. The molecular weight excluding hydrogens is 198 g/mol. The third-order valence-electron chi connectivity index (χ3n) is 3.78. The first-order valence-corrected chi connectivity index (χ1v) is 6.58. The molecule has 0 aromatic heterocycles. The molecule has 0 saturated carbocycles. The maximum atomic E-state index is 3.31. The van der Waals surface area contributed by atoms with Crippen LogP contribution in [-0.4, -0.2) is 63.2 Å². The van der Waals surface area contributed by atoms with Crippen LogP contribution in [0.15, 0.2) is 0 Å². The molecule has 3 nitrogen and oxygen atoms in total. The van der Waals surface area contributed by atoms with Crippen molar-refractivity contribution in [3.8, 4) is 0 Å². The fourth-order valence-electron chi connectivity index (χ4n) is 2.83. The van der Waals surface area contributed by atoms with Crippen LogP contribution in [0, 0.1) is 11.8 Å². The average molecular weight is 227 g/mol. The number of likely N-dealkylation sites (N-methyl/N-ethyl adjacent to an activating group) is 2. The second-order valence-corrected chi connectivity index (χ2v) is 5.73. The smallest absolute Gasteiger partial charge is 0.0240 e. The van der Waals surface area contributed by atoms with Gasteiger partial charge in [-0.3, -0.25) is 0 Å². The van der Waals surface area contributed by atoms with Gasteiger partial charge in [-0.05, 0) is 45.9 Å². The summed E-state index contributed by atoms with van der Waals surface area (Å²) in [7, 11) is 6.56. The Labute approximate surface area is 101 Å². The van der Waals surface area contributed by atoms with E-state index in [4.69, 9.17) is 0 Å². The highest BCUT2D eigenvalue weighted by molar-refractivity contribution is 4.80. The van der Waals surface area contributed by atoms with Gasteiger partial charge in [-0.15, -0.1) is 0 Å². The molecule has 0 aromatic rings. The summed E-state index contributed by atoms with van der Waals surface area (Å²) < 4.78 is 0. The molecule has 0 radical (unpaired) electrons. The van der Waals surface area contributed by atoms with Crippen LogP contribution in [-0.2, 0) is 0 Å². The lowest BCUT2D eigenvalue weighted by molar-refractivity contribution is 0.165. The zero-order valence-corrected chi connectivity index (χ0v) is 11.7. The monoisotopic (exact) mass is 227 g/mol. The second-order valence-electron chi connectivity index (χ2n) is 5.73. The van der Waals surface area contributed by atoms with E-state index in [0.29, 0.717) is 6.04 Å². The average Bonchev–Trinajstić information content (AvgIpc) is 2.59. The number of rotatable bonds is 6. The molecule has 1 fully saturated rings. The van der Waals surface area contributed by atoms with Gasteiger partial charge in [-0.25, -0.2) is 0 Å². The summed E-state index contributed by atoms with van der Waals surface area (Å²) >= 11 is 0. The van der Waals surface area contributed by atoms with Gasteiger partial charge < -0.3 is 15.1 Å². The van der Waals surface area contributed by atoms with Crippen molar-refractivity contribution in [2.45, 2.75) is 26.3 Å². The molecule has 0 aromatic carbocycles. The number of hydrogen-bond acceptors (Lipinski definition) is 3. The van der Waals surface area contributed by atoms with E-state index < -0.39 is 0 Å². The van der Waals surface area contributed by atoms with Gasteiger partial charge >= 0.3 is 0 Å². The topological polar surface area (TPSA) is 18.5 Å². The predicted octanol–water partition coefficient (Wildman–Crippen LogP) is 1.11. The summed E-state index contributed by atoms with van der Waals surface area (Å²) in [6, 6.07) is 0.663. The second kappa shape index (κ2) is 6.58. The molecule has 96 valence electrons. The highest BCUT2D eigenvalue weighted by Gasteiger charge is 2.24. The van der Waals surface area contributed by atoms with Crippen LogP contribution < -0.4 is 5.32 Å². The van der Waals surface area contributed by atoms with Crippen molar-refractivity contribution in [3.05, 3.63) is 0 Å². The fourth-order valence-corrected chi connectivity index (χ4v) is 2.83. The molecule has 0 amide bonds. The molecule has 0 bridgehead atoms. The first kappa shape index (κ1) is 13.9. The number of likely N-dealkylation sites (tertiary alicyclic amines) is 1. The quantitative estimate of drug-likeness (QED) is 0.733. The van der Waals surface area contributed by atoms with E-state index in [2.05, 4.69) is 43.1 Å². The molecule has 0 spiro atoms. The predicted molar refractivity (Wildman–Crippen MR) is 70.8 cm³/mol. The summed E-state index contributed by atoms with van der Waals surface area (Å²) in [6.07, 6.45) is 1.37. The lowest BCUT2D eigenvalue weighted by Gasteiger charge is -2.33. The maximum Gasteiger partial charge on any atom is 0.0240 e. The van der Waals surface area contributed by atoms with Gasteiger partial charge in [0.1, 0.15) is 0 Å². The van der Waals surface area contributed by atoms with Gasteiger partial charge in [0.25, 0.3) is 0 Å². The van der Waals surface area contributed by atoms with E-state index >= 15 is 0 Å². The van der Waals surface area contributed by atoms with E-state index in [-0.39, 0.29) is 0 Å². The van der Waals surface area contributed by atoms with Crippen LogP contribution in [0.5, 0.6) is 0 Å². The molecule has 16 heavy (non-hydrogen) atoms. The van der Waals surface area contributed by atoms with Gasteiger partial charge in [-0.2, -0.15) is 0 Å². The van der Waals surface area contributed by atoms with E-state index in [9.17, 15) is 0 Å². The summed E-state index contributed by atoms with van der Waals surface area (Å²) in [5.74, 6) is 1.59. The molecular formula is C13H29N3. The van der Waals surface area contributed by atoms with Crippen LogP contribution in [0.2, 0.25) is 0 Å². The highest BCUT2D eigenvalue weighted by atomic mass is 15.2. The molecule has 1 rings (SSSR count). The van der Waals surface area contributed by atoms with Crippen LogP contribution in [0.1, 0.15) is 20.3 Å². The van der Waals surface area contributed by atoms with Crippen LogP contribution >= 0.6 is 0 Å². The third kappa shape index (κ3) is 4.04. The molecule has 1 aliphatic rings. The number of nitrogens with zero attached hydrogens (tertiary/aromatic N) is 2. The molecule has 1 heterocycles. The summed E-state index contributed by atoms with van der Waals surface area (Å²) in [5, 5.41) is 3.31. The van der Waals surface area contributed by atoms with Crippen LogP contribution in [0.3, 0.4) is 0 Å². The Bertz CT molecular complexity index is 194. The van der Waals surface area contributed by atoms with Crippen molar-refractivity contribution in [2.75, 3.05) is 47.3 Å². The van der Waals surface area contributed by atoms with Gasteiger partial charge in [0.05, 0.1) is 0 Å². The molecule has 2 atom stereocenters. The van der Waals surface area contributed by atoms with Crippen molar-refractivity contribution >= 4 is 0 Å². The minimum absolute atomic E-state index is 0.663. The number of nitrogens with one attached hydrogen (secondary N) is 1. The molecule has 3 heteroatoms. The van der Waals surface area contributed by atoms with Crippen molar-refractivity contribution in [3.63, 3.8) is 0 Å². The lowest BCUT2D eigenvalue weighted by atomic mass is 10.0. The Balaban J connectivity index is 2.39. The standard InChI is InChI=1S/C13H29N3/c1-11(2)13(8-14-3)16(5)10-12-6-7-15(4)9-12/h11-14H,6-10H2,1-5H3. The van der Waals surface area contributed by atoms with E-state index in [1.165, 1.54) is 26.1 Å². The van der Waals surface area contributed by atoms with Gasteiger partial charge in [-0.1, -0.05) is 13.8 Å². The zero-order valence-electron chi connectivity index (χ0n) is 11.7. The lowest BCUT2D eigenvalue weighted by Crippen LogP contribution is -2.45. The first-order chi connectivity index (χ1) is 7.54. The molecule has 1 saturated heterocycles. The van der Waals surface area contributed by atoms with Gasteiger partial charge in [0.2, 0.25) is 0 Å². The van der Waals surface area contributed by atoms with Crippen molar-refractivity contribution in [1.29, 1.82) is 0 Å². The van der Waals surface area contributed by atoms with E-state index in [1.54, 1.807) is 0 Å². The van der Waals surface area contributed by atoms with E-state index in [0.717, 1.165) is 18.4 Å². The first-order valence-electron chi connectivity index (χ1n) is 6.58. The molecule has 1 aliphatic heterocycles. The SMILES string of the molecule is CNCC(C(C)C)N(C)CC1CCN(C)C1. The van der Waals surface area contributed by atoms with Gasteiger partial charge in [0.15, 0.2) is 0 Å². The van der Waals surface area contributed by atoms with Crippen LogP contribution in [0.25, 0.3) is 0 Å². The fraction of sp³-hybridized carbons (Fsp3) is 1.00. The number of hydrogen-bond donors (Lipinski definition) is 1. The molecule has 0 aliphatic carbocycles. The third-order valence-corrected chi connectivity index (χ3v) is 3.78. The zero-order chi connectivity index (χ0) is 12.1. The van der Waals surface area contributed by atoms with Gasteiger partial charge in [0, 0.05) is 25.7 Å². The van der Waals surface area contributed by atoms with Crippen molar-refractivity contribution in [2.24, 2.45) is 11.8 Å². The largest absolute Gasteiger partial charge is 0.318 e. The summed E-state index contributed by atoms with van der Waals surface area (Å²) in [6.45, 7) is 9.52. The minimum Gasteiger partial charge on any atom is -0.318 e. The highest BCUT2D eigenvalue weighted by Crippen LogP contribution is 2.18. The van der Waals surface area contributed by atoms with E-state index in [1.807, 2.05) is 7.05 Å². The Kier molecular flexibility index (Phi) is 5.73. The molecule has 1 N–H and O–H groups in total. The van der Waals surface area contributed by atoms with Crippen molar-refractivity contribution in [1.82, 2.24) is 15.1 Å². The Morgan fingerprint density at radius 1 is 1.44 bits per heavy atom. The Morgan fingerprint density at radius 3 is 2.56 bits per heavy atom. The maximum absolute atomic E-state index is 3.31. The van der Waals surface area contributed by atoms with Crippen LogP contribution in [0.4, 0.5) is 0 Å². The Hall–Kier alpha value is -0.120. The Morgan fingerprint density at radius 2 is 2.12 bits per heavy atom. The molecule has 2 unspecified atom stereocenters. The summed E-state index contributed by atoms with van der Waals surface area (Å²) in [5.41, 5.74) is 0.